The Kier molecular flexibility index (Phi) is 1.94. The van der Waals surface area contributed by atoms with Crippen molar-refractivity contribution in [1.82, 2.24) is 9.78 Å². The van der Waals surface area contributed by atoms with Gasteiger partial charge in [0.2, 0.25) is 0 Å². The molecular formula is C9H12N2. The summed E-state index contributed by atoms with van der Waals surface area (Å²) in [5.41, 5.74) is 3.09. The van der Waals surface area contributed by atoms with Gasteiger partial charge in [0, 0.05) is 12.6 Å². The highest BCUT2D eigenvalue weighted by Crippen LogP contribution is 2.14. The largest absolute Gasteiger partial charge is 0.268 e. The Bertz CT molecular complexity index is 266. The molecule has 0 unspecified atom stereocenters. The van der Waals surface area contributed by atoms with Crippen LogP contribution in [0.15, 0.2) is 13.2 Å². The van der Waals surface area contributed by atoms with E-state index in [0.29, 0.717) is 0 Å². The Hall–Kier alpha value is -1.31. The van der Waals surface area contributed by atoms with E-state index in [9.17, 15) is 0 Å². The van der Waals surface area contributed by atoms with Gasteiger partial charge >= 0.3 is 0 Å². The number of nitrogens with zero attached hydrogens (tertiary/aromatic N) is 2. The van der Waals surface area contributed by atoms with Crippen LogP contribution in [0.3, 0.4) is 0 Å². The predicted molar refractivity (Wildman–Crippen MR) is 48.1 cm³/mol. The molecule has 0 bridgehead atoms. The number of aromatic nitrogens is 2. The van der Waals surface area contributed by atoms with Crippen LogP contribution in [0.25, 0.3) is 12.2 Å². The maximum absolute atomic E-state index is 4.23. The van der Waals surface area contributed by atoms with Crippen LogP contribution in [0.4, 0.5) is 0 Å². The lowest BCUT2D eigenvalue weighted by Gasteiger charge is -1.93. The third-order valence-electron chi connectivity index (χ3n) is 1.71. The van der Waals surface area contributed by atoms with Gasteiger partial charge in [0.1, 0.15) is 0 Å². The van der Waals surface area contributed by atoms with Gasteiger partial charge in [0.25, 0.3) is 0 Å². The maximum Gasteiger partial charge on any atom is 0.0675 e. The fraction of sp³-hybridized carbons (Fsp3) is 0.222. The van der Waals surface area contributed by atoms with E-state index in [1.807, 2.05) is 14.0 Å². The number of rotatable bonds is 2. The van der Waals surface area contributed by atoms with Gasteiger partial charge in [-0.15, -0.1) is 0 Å². The first-order valence-electron chi connectivity index (χ1n) is 3.49. The fourth-order valence-corrected chi connectivity index (χ4v) is 1.19. The van der Waals surface area contributed by atoms with Crippen molar-refractivity contribution in [2.24, 2.45) is 7.05 Å². The molecule has 0 aliphatic carbocycles. The SMILES string of the molecule is C=Cc1c(C)nn(C)c1C=C. The number of aryl methyl sites for hydroxylation is 2. The normalized spacial score (nSPS) is 9.64. The van der Waals surface area contributed by atoms with Crippen LogP contribution in [0.2, 0.25) is 0 Å². The van der Waals surface area contributed by atoms with E-state index in [1.165, 1.54) is 0 Å². The Labute approximate surface area is 66.8 Å². The lowest BCUT2D eigenvalue weighted by atomic mass is 10.2. The maximum atomic E-state index is 4.23. The summed E-state index contributed by atoms with van der Waals surface area (Å²) in [6.07, 6.45) is 3.59. The number of hydrogen-bond acceptors (Lipinski definition) is 1. The van der Waals surface area contributed by atoms with E-state index in [4.69, 9.17) is 0 Å². The lowest BCUT2D eigenvalue weighted by molar-refractivity contribution is 0.749. The molecule has 1 heterocycles. The van der Waals surface area contributed by atoms with Gasteiger partial charge in [0.05, 0.1) is 11.4 Å². The second-order valence-corrected chi connectivity index (χ2v) is 2.42. The van der Waals surface area contributed by atoms with Gasteiger partial charge < -0.3 is 0 Å². The van der Waals surface area contributed by atoms with E-state index in [-0.39, 0.29) is 0 Å². The average Bonchev–Trinajstić information content (AvgIpc) is 2.24. The topological polar surface area (TPSA) is 17.8 Å². The molecule has 0 saturated heterocycles. The standard InChI is InChI=1S/C9H12N2/c1-5-8-7(3)10-11(4)9(8)6-2/h5-6H,1-2H2,3-4H3. The molecule has 11 heavy (non-hydrogen) atoms. The zero-order chi connectivity index (χ0) is 8.43. The summed E-state index contributed by atoms with van der Waals surface area (Å²) < 4.78 is 1.80. The fourth-order valence-electron chi connectivity index (χ4n) is 1.19. The van der Waals surface area contributed by atoms with Crippen molar-refractivity contribution in [3.8, 4) is 0 Å². The van der Waals surface area contributed by atoms with E-state index in [0.717, 1.165) is 17.0 Å². The Morgan fingerprint density at radius 1 is 1.36 bits per heavy atom. The van der Waals surface area contributed by atoms with Crippen LogP contribution >= 0.6 is 0 Å². The third kappa shape index (κ3) is 1.11. The van der Waals surface area contributed by atoms with Gasteiger partial charge in [-0.05, 0) is 13.0 Å². The molecule has 0 saturated carbocycles. The predicted octanol–water partition coefficient (Wildman–Crippen LogP) is 2.01. The molecule has 2 nitrogen and oxygen atoms in total. The summed E-state index contributed by atoms with van der Waals surface area (Å²) in [5, 5.41) is 4.23. The minimum atomic E-state index is 0.998. The minimum Gasteiger partial charge on any atom is -0.268 e. The molecule has 1 aromatic heterocycles. The zero-order valence-electron chi connectivity index (χ0n) is 6.96. The zero-order valence-corrected chi connectivity index (χ0v) is 6.96. The highest BCUT2D eigenvalue weighted by molar-refractivity contribution is 5.62. The van der Waals surface area contributed by atoms with Crippen molar-refractivity contribution in [1.29, 1.82) is 0 Å². The smallest absolute Gasteiger partial charge is 0.0675 e. The molecule has 0 fully saturated rings. The first kappa shape index (κ1) is 7.79. The first-order valence-corrected chi connectivity index (χ1v) is 3.49. The molecule has 0 aromatic carbocycles. The van der Waals surface area contributed by atoms with E-state index in [2.05, 4.69) is 18.3 Å². The van der Waals surface area contributed by atoms with Crippen molar-refractivity contribution in [2.75, 3.05) is 0 Å². The second kappa shape index (κ2) is 2.74. The van der Waals surface area contributed by atoms with Gasteiger partial charge in [-0.1, -0.05) is 19.2 Å². The monoisotopic (exact) mass is 148 g/mol. The van der Waals surface area contributed by atoms with Crippen LogP contribution in [0.5, 0.6) is 0 Å². The summed E-state index contributed by atoms with van der Waals surface area (Å²) in [7, 11) is 1.90. The average molecular weight is 148 g/mol. The molecule has 0 spiro atoms. The highest BCUT2D eigenvalue weighted by atomic mass is 15.3. The van der Waals surface area contributed by atoms with Gasteiger partial charge in [-0.2, -0.15) is 5.10 Å². The molecule has 0 aliphatic heterocycles. The Morgan fingerprint density at radius 3 is 2.36 bits per heavy atom. The third-order valence-corrected chi connectivity index (χ3v) is 1.71. The minimum absolute atomic E-state index is 0.998. The molecule has 2 heteroatoms. The summed E-state index contributed by atoms with van der Waals surface area (Å²) in [4.78, 5) is 0. The molecule has 0 N–H and O–H groups in total. The van der Waals surface area contributed by atoms with Crippen LogP contribution in [0.1, 0.15) is 17.0 Å². The number of hydrogen-bond donors (Lipinski definition) is 0. The van der Waals surface area contributed by atoms with Crippen LogP contribution in [-0.2, 0) is 7.05 Å². The van der Waals surface area contributed by atoms with Crippen LogP contribution in [0, 0.1) is 6.92 Å². The van der Waals surface area contributed by atoms with Crippen molar-refractivity contribution in [3.05, 3.63) is 30.1 Å². The van der Waals surface area contributed by atoms with Crippen LogP contribution < -0.4 is 0 Å². The van der Waals surface area contributed by atoms with Crippen LogP contribution in [-0.4, -0.2) is 9.78 Å². The lowest BCUT2D eigenvalue weighted by Crippen LogP contribution is -1.92. The summed E-state index contributed by atoms with van der Waals surface area (Å²) in [6.45, 7) is 9.38. The molecule has 58 valence electrons. The summed E-state index contributed by atoms with van der Waals surface area (Å²) >= 11 is 0. The van der Waals surface area contributed by atoms with Crippen molar-refractivity contribution in [3.63, 3.8) is 0 Å². The molecule has 1 aromatic rings. The molecule has 0 atom stereocenters. The van der Waals surface area contributed by atoms with E-state index < -0.39 is 0 Å². The summed E-state index contributed by atoms with van der Waals surface area (Å²) in [5.74, 6) is 0. The van der Waals surface area contributed by atoms with Gasteiger partial charge in [-0.25, -0.2) is 0 Å². The Balaban J connectivity index is 3.39. The van der Waals surface area contributed by atoms with E-state index >= 15 is 0 Å². The summed E-state index contributed by atoms with van der Waals surface area (Å²) in [6, 6.07) is 0. The molecule has 0 radical (unpaired) electrons. The molecular weight excluding hydrogens is 136 g/mol. The second-order valence-electron chi connectivity index (χ2n) is 2.42. The van der Waals surface area contributed by atoms with Crippen molar-refractivity contribution in [2.45, 2.75) is 6.92 Å². The first-order chi connectivity index (χ1) is 5.20. The van der Waals surface area contributed by atoms with E-state index in [1.54, 1.807) is 16.8 Å². The molecule has 1 rings (SSSR count). The highest BCUT2D eigenvalue weighted by Gasteiger charge is 2.05. The van der Waals surface area contributed by atoms with Gasteiger partial charge in [-0.3, -0.25) is 4.68 Å². The van der Waals surface area contributed by atoms with Crippen molar-refractivity contribution < 1.29 is 0 Å². The quantitative estimate of drug-likeness (QED) is 0.627. The van der Waals surface area contributed by atoms with Crippen molar-refractivity contribution >= 4 is 12.2 Å². The molecule has 0 aliphatic rings. The molecule has 0 amide bonds. The Morgan fingerprint density at radius 2 is 2.00 bits per heavy atom. The van der Waals surface area contributed by atoms with Gasteiger partial charge in [0.15, 0.2) is 0 Å².